The summed E-state index contributed by atoms with van der Waals surface area (Å²) < 4.78 is 13.2. The fraction of sp³-hybridized carbons (Fsp3) is 0.538. The molecule has 90 valence electrons. The van der Waals surface area contributed by atoms with Crippen LogP contribution in [0.25, 0.3) is 0 Å². The third kappa shape index (κ3) is 4.11. The van der Waals surface area contributed by atoms with Gasteiger partial charge in [-0.2, -0.15) is 0 Å². The second-order valence-corrected chi connectivity index (χ2v) is 4.46. The Morgan fingerprint density at radius 2 is 2.12 bits per heavy atom. The van der Waals surface area contributed by atoms with Gasteiger partial charge in [-0.1, -0.05) is 37.4 Å². The van der Waals surface area contributed by atoms with Crippen LogP contribution in [0.4, 0.5) is 4.39 Å². The van der Waals surface area contributed by atoms with Crippen LogP contribution < -0.4 is 5.32 Å². The van der Waals surface area contributed by atoms with E-state index in [0.717, 1.165) is 18.5 Å². The van der Waals surface area contributed by atoms with E-state index in [9.17, 15) is 4.39 Å². The molecular weight excluding hydrogens is 225 g/mol. The summed E-state index contributed by atoms with van der Waals surface area (Å²) in [5.74, 6) is -0.346. The van der Waals surface area contributed by atoms with Gasteiger partial charge in [0.25, 0.3) is 0 Å². The predicted molar refractivity (Wildman–Crippen MR) is 67.4 cm³/mol. The molecule has 0 aliphatic rings. The number of hydrogen-bond donors (Lipinski definition) is 1. The normalized spacial score (nSPS) is 12.8. The van der Waals surface area contributed by atoms with Crippen molar-refractivity contribution in [3.05, 3.63) is 34.6 Å². The second-order valence-electron chi connectivity index (χ2n) is 4.06. The third-order valence-corrected chi connectivity index (χ3v) is 2.98. The molecule has 0 fully saturated rings. The van der Waals surface area contributed by atoms with E-state index >= 15 is 0 Å². The minimum absolute atomic E-state index is 0.170. The van der Waals surface area contributed by atoms with Crippen LogP contribution in [0.2, 0.25) is 5.02 Å². The van der Waals surface area contributed by atoms with Gasteiger partial charge in [-0.25, -0.2) is 4.39 Å². The molecule has 0 saturated carbocycles. The molecule has 1 aromatic carbocycles. The molecule has 0 aliphatic carbocycles. The lowest BCUT2D eigenvalue weighted by atomic mass is 10.1. The first-order valence-corrected chi connectivity index (χ1v) is 6.21. The van der Waals surface area contributed by atoms with Crippen LogP contribution in [0.3, 0.4) is 0 Å². The maximum absolute atomic E-state index is 13.2. The molecule has 0 aromatic heterocycles. The van der Waals surface area contributed by atoms with Crippen molar-refractivity contribution in [2.75, 3.05) is 6.54 Å². The summed E-state index contributed by atoms with van der Waals surface area (Å²) in [7, 11) is 0. The molecule has 0 heterocycles. The van der Waals surface area contributed by atoms with Gasteiger partial charge in [-0.3, -0.25) is 0 Å². The zero-order valence-electron chi connectivity index (χ0n) is 9.89. The lowest BCUT2D eigenvalue weighted by Crippen LogP contribution is -2.19. The maximum atomic E-state index is 13.2. The Kier molecular flexibility index (Phi) is 5.78. The Labute approximate surface area is 102 Å². The molecule has 1 aromatic rings. The lowest BCUT2D eigenvalue weighted by molar-refractivity contribution is 0.539. The Hall–Kier alpha value is -0.600. The number of rotatable bonds is 6. The first kappa shape index (κ1) is 13.5. The minimum atomic E-state index is -0.346. The van der Waals surface area contributed by atoms with E-state index in [4.69, 9.17) is 11.6 Å². The zero-order valence-corrected chi connectivity index (χ0v) is 10.6. The zero-order chi connectivity index (χ0) is 12.0. The summed E-state index contributed by atoms with van der Waals surface area (Å²) in [4.78, 5) is 0. The average molecular weight is 244 g/mol. The van der Waals surface area contributed by atoms with Gasteiger partial charge >= 0.3 is 0 Å². The molecule has 1 rings (SSSR count). The van der Waals surface area contributed by atoms with Crippen LogP contribution in [0, 0.1) is 5.82 Å². The van der Waals surface area contributed by atoms with E-state index in [-0.39, 0.29) is 16.9 Å². The molecule has 16 heavy (non-hydrogen) atoms. The highest BCUT2D eigenvalue weighted by molar-refractivity contribution is 6.30. The molecule has 0 radical (unpaired) electrons. The Balaban J connectivity index is 2.46. The fourth-order valence-electron chi connectivity index (χ4n) is 1.59. The quantitative estimate of drug-likeness (QED) is 0.734. The van der Waals surface area contributed by atoms with Gasteiger partial charge in [0.15, 0.2) is 0 Å². The fourth-order valence-corrected chi connectivity index (χ4v) is 1.71. The first-order chi connectivity index (χ1) is 7.65. The smallest absolute Gasteiger partial charge is 0.142 e. The molecule has 0 saturated heterocycles. The van der Waals surface area contributed by atoms with Crippen molar-refractivity contribution in [1.82, 2.24) is 5.32 Å². The molecule has 1 atom stereocenters. The summed E-state index contributed by atoms with van der Waals surface area (Å²) in [5, 5.41) is 3.55. The Morgan fingerprint density at radius 3 is 2.75 bits per heavy atom. The number of benzene rings is 1. The van der Waals surface area contributed by atoms with Gasteiger partial charge in [0.1, 0.15) is 5.82 Å². The topological polar surface area (TPSA) is 12.0 Å². The van der Waals surface area contributed by atoms with Crippen molar-refractivity contribution >= 4 is 11.6 Å². The van der Waals surface area contributed by atoms with Crippen molar-refractivity contribution in [3.63, 3.8) is 0 Å². The maximum Gasteiger partial charge on any atom is 0.142 e. The van der Waals surface area contributed by atoms with Crippen LogP contribution in [-0.4, -0.2) is 6.54 Å². The molecule has 0 aliphatic heterocycles. The number of hydrogen-bond acceptors (Lipinski definition) is 1. The highest BCUT2D eigenvalue weighted by Crippen LogP contribution is 2.19. The van der Waals surface area contributed by atoms with Gasteiger partial charge in [-0.15, -0.1) is 0 Å². The summed E-state index contributed by atoms with van der Waals surface area (Å²) in [6.07, 6.45) is 3.61. The lowest BCUT2D eigenvalue weighted by Gasteiger charge is -2.14. The van der Waals surface area contributed by atoms with Crippen LogP contribution in [0.1, 0.15) is 44.7 Å². The Morgan fingerprint density at radius 1 is 1.38 bits per heavy atom. The number of unbranched alkanes of at least 4 members (excludes halogenated alkanes) is 2. The SMILES string of the molecule is CCCCCNC(C)c1ccc(Cl)c(F)c1. The van der Waals surface area contributed by atoms with Crippen molar-refractivity contribution < 1.29 is 4.39 Å². The molecule has 1 unspecified atom stereocenters. The molecule has 0 amide bonds. The van der Waals surface area contributed by atoms with Gasteiger partial charge in [0, 0.05) is 6.04 Å². The predicted octanol–water partition coefficient (Wildman–Crippen LogP) is 4.32. The average Bonchev–Trinajstić information content (AvgIpc) is 2.28. The van der Waals surface area contributed by atoms with Gasteiger partial charge in [-0.05, 0) is 37.6 Å². The first-order valence-electron chi connectivity index (χ1n) is 5.83. The molecule has 3 heteroatoms. The third-order valence-electron chi connectivity index (χ3n) is 2.67. The van der Waals surface area contributed by atoms with E-state index in [1.165, 1.54) is 18.9 Å². The van der Waals surface area contributed by atoms with Gasteiger partial charge < -0.3 is 5.32 Å². The number of nitrogens with one attached hydrogen (secondary N) is 1. The van der Waals surface area contributed by atoms with E-state index in [1.54, 1.807) is 6.07 Å². The second kappa shape index (κ2) is 6.87. The van der Waals surface area contributed by atoms with Gasteiger partial charge in [0.2, 0.25) is 0 Å². The van der Waals surface area contributed by atoms with E-state index in [1.807, 2.05) is 13.0 Å². The van der Waals surface area contributed by atoms with E-state index < -0.39 is 0 Å². The van der Waals surface area contributed by atoms with Gasteiger partial charge in [0.05, 0.1) is 5.02 Å². The van der Waals surface area contributed by atoms with Crippen LogP contribution in [-0.2, 0) is 0 Å². The standard InChI is InChI=1S/C13H19ClFN/c1-3-4-5-8-16-10(2)11-6-7-12(14)13(15)9-11/h6-7,9-10,16H,3-5,8H2,1-2H3. The summed E-state index contributed by atoms with van der Waals surface area (Å²) in [5.41, 5.74) is 0.943. The van der Waals surface area contributed by atoms with Crippen molar-refractivity contribution in [2.45, 2.75) is 39.2 Å². The number of halogens is 2. The van der Waals surface area contributed by atoms with E-state index in [2.05, 4.69) is 12.2 Å². The summed E-state index contributed by atoms with van der Waals surface area (Å²) in [6.45, 7) is 5.19. The minimum Gasteiger partial charge on any atom is -0.310 e. The van der Waals surface area contributed by atoms with Crippen molar-refractivity contribution in [1.29, 1.82) is 0 Å². The van der Waals surface area contributed by atoms with Crippen molar-refractivity contribution in [2.24, 2.45) is 0 Å². The molecule has 0 spiro atoms. The molecule has 1 N–H and O–H groups in total. The molecule has 0 bridgehead atoms. The van der Waals surface area contributed by atoms with Crippen LogP contribution in [0.15, 0.2) is 18.2 Å². The van der Waals surface area contributed by atoms with Crippen LogP contribution >= 0.6 is 11.6 Å². The van der Waals surface area contributed by atoms with E-state index in [0.29, 0.717) is 0 Å². The summed E-state index contributed by atoms with van der Waals surface area (Å²) >= 11 is 5.64. The highest BCUT2D eigenvalue weighted by Gasteiger charge is 2.07. The molecular formula is C13H19ClFN. The van der Waals surface area contributed by atoms with Crippen LogP contribution in [0.5, 0.6) is 0 Å². The summed E-state index contributed by atoms with van der Waals surface area (Å²) in [6, 6.07) is 5.14. The van der Waals surface area contributed by atoms with Crippen molar-refractivity contribution in [3.8, 4) is 0 Å². The Bertz CT molecular complexity index is 328. The largest absolute Gasteiger partial charge is 0.310 e. The molecule has 1 nitrogen and oxygen atoms in total. The highest BCUT2D eigenvalue weighted by atomic mass is 35.5. The monoisotopic (exact) mass is 243 g/mol.